The third kappa shape index (κ3) is 5.43. The first-order valence-electron chi connectivity index (χ1n) is 8.60. The van der Waals surface area contributed by atoms with Crippen molar-refractivity contribution in [3.63, 3.8) is 0 Å². The lowest BCUT2D eigenvalue weighted by Crippen LogP contribution is -2.27. The van der Waals surface area contributed by atoms with Gasteiger partial charge in [0.2, 0.25) is 0 Å². The molecule has 0 radical (unpaired) electrons. The topological polar surface area (TPSA) is 67.4 Å². The summed E-state index contributed by atoms with van der Waals surface area (Å²) < 4.78 is 4.91. The molecule has 0 unspecified atom stereocenters. The van der Waals surface area contributed by atoms with E-state index < -0.39 is 0 Å². The Morgan fingerprint density at radius 3 is 2.15 bits per heavy atom. The highest BCUT2D eigenvalue weighted by Crippen LogP contribution is 2.23. The summed E-state index contributed by atoms with van der Waals surface area (Å²) in [5.41, 5.74) is 2.86. The standard InChI is InChI=1S/C21H26N2O3/c1-21(2,3)17-8-10-18(11-9-17)23-20(25)16-7-5-6-15(14-16)19(24)22-12-13-26-4/h5-11,14H,12-13H2,1-4H3,(H,22,24)(H,23,25). The number of rotatable bonds is 6. The fourth-order valence-electron chi connectivity index (χ4n) is 2.43. The van der Waals surface area contributed by atoms with E-state index in [-0.39, 0.29) is 17.2 Å². The van der Waals surface area contributed by atoms with Crippen LogP contribution in [0.5, 0.6) is 0 Å². The molecule has 5 nitrogen and oxygen atoms in total. The summed E-state index contributed by atoms with van der Waals surface area (Å²) in [6, 6.07) is 14.4. The lowest BCUT2D eigenvalue weighted by molar-refractivity contribution is 0.0937. The zero-order valence-electron chi connectivity index (χ0n) is 15.8. The number of benzene rings is 2. The number of amides is 2. The molecular formula is C21H26N2O3. The largest absolute Gasteiger partial charge is 0.383 e. The first-order chi connectivity index (χ1) is 12.3. The van der Waals surface area contributed by atoms with Gasteiger partial charge in [0.25, 0.3) is 11.8 Å². The molecule has 2 N–H and O–H groups in total. The predicted molar refractivity (Wildman–Crippen MR) is 104 cm³/mol. The first-order valence-corrected chi connectivity index (χ1v) is 8.60. The van der Waals surface area contributed by atoms with E-state index in [1.165, 1.54) is 5.56 Å². The SMILES string of the molecule is COCCNC(=O)c1cccc(C(=O)Nc2ccc(C(C)(C)C)cc2)c1. The number of carbonyl (C=O) groups excluding carboxylic acids is 2. The number of methoxy groups -OCH3 is 1. The monoisotopic (exact) mass is 354 g/mol. The van der Waals surface area contributed by atoms with Crippen LogP contribution in [0.1, 0.15) is 47.1 Å². The van der Waals surface area contributed by atoms with Crippen LogP contribution in [-0.4, -0.2) is 32.1 Å². The maximum Gasteiger partial charge on any atom is 0.255 e. The molecule has 138 valence electrons. The number of hydrogen-bond donors (Lipinski definition) is 2. The van der Waals surface area contributed by atoms with Crippen molar-refractivity contribution in [3.05, 3.63) is 65.2 Å². The van der Waals surface area contributed by atoms with Crippen LogP contribution in [0.4, 0.5) is 5.69 Å². The van der Waals surface area contributed by atoms with E-state index in [0.29, 0.717) is 24.3 Å². The Bertz CT molecular complexity index is 762. The van der Waals surface area contributed by atoms with Crippen LogP contribution in [0.15, 0.2) is 48.5 Å². The van der Waals surface area contributed by atoms with E-state index in [9.17, 15) is 9.59 Å². The third-order valence-corrected chi connectivity index (χ3v) is 3.99. The van der Waals surface area contributed by atoms with E-state index in [2.05, 4.69) is 31.4 Å². The highest BCUT2D eigenvalue weighted by atomic mass is 16.5. The molecule has 0 aliphatic carbocycles. The smallest absolute Gasteiger partial charge is 0.255 e. The zero-order chi connectivity index (χ0) is 19.2. The fourth-order valence-corrected chi connectivity index (χ4v) is 2.43. The van der Waals surface area contributed by atoms with Crippen molar-refractivity contribution in [1.82, 2.24) is 5.32 Å². The van der Waals surface area contributed by atoms with E-state index in [0.717, 1.165) is 5.69 Å². The van der Waals surface area contributed by atoms with Gasteiger partial charge in [0.15, 0.2) is 0 Å². The first kappa shape index (κ1) is 19.7. The summed E-state index contributed by atoms with van der Waals surface area (Å²) in [6.07, 6.45) is 0. The van der Waals surface area contributed by atoms with Gasteiger partial charge in [-0.25, -0.2) is 0 Å². The molecule has 0 spiro atoms. The molecule has 2 amide bonds. The Morgan fingerprint density at radius 1 is 0.962 bits per heavy atom. The Balaban J connectivity index is 2.05. The van der Waals surface area contributed by atoms with Crippen LogP contribution in [0.25, 0.3) is 0 Å². The van der Waals surface area contributed by atoms with Gasteiger partial charge in [0.1, 0.15) is 0 Å². The van der Waals surface area contributed by atoms with Crippen LogP contribution in [-0.2, 0) is 10.2 Å². The van der Waals surface area contributed by atoms with Crippen molar-refractivity contribution in [2.45, 2.75) is 26.2 Å². The Kier molecular flexibility index (Phi) is 6.52. The summed E-state index contributed by atoms with van der Waals surface area (Å²) in [5.74, 6) is -0.480. The fraction of sp³-hybridized carbons (Fsp3) is 0.333. The average molecular weight is 354 g/mol. The number of hydrogen-bond acceptors (Lipinski definition) is 3. The highest BCUT2D eigenvalue weighted by Gasteiger charge is 2.14. The van der Waals surface area contributed by atoms with Crippen LogP contribution >= 0.6 is 0 Å². The number of anilines is 1. The summed E-state index contributed by atoms with van der Waals surface area (Å²) in [7, 11) is 1.57. The molecule has 0 atom stereocenters. The second kappa shape index (κ2) is 8.63. The quantitative estimate of drug-likeness (QED) is 0.779. The van der Waals surface area contributed by atoms with Gasteiger partial charge in [-0.05, 0) is 41.3 Å². The van der Waals surface area contributed by atoms with Crippen LogP contribution in [0.2, 0.25) is 0 Å². The third-order valence-electron chi connectivity index (χ3n) is 3.99. The van der Waals surface area contributed by atoms with Gasteiger partial charge in [0, 0.05) is 30.5 Å². The van der Waals surface area contributed by atoms with Crippen LogP contribution in [0, 0.1) is 0 Å². The minimum absolute atomic E-state index is 0.0625. The maximum atomic E-state index is 12.5. The van der Waals surface area contributed by atoms with Gasteiger partial charge in [-0.2, -0.15) is 0 Å². The lowest BCUT2D eigenvalue weighted by Gasteiger charge is -2.19. The molecule has 0 bridgehead atoms. The van der Waals surface area contributed by atoms with Crippen molar-refractivity contribution in [1.29, 1.82) is 0 Å². The van der Waals surface area contributed by atoms with E-state index >= 15 is 0 Å². The van der Waals surface area contributed by atoms with Crippen molar-refractivity contribution in [2.75, 3.05) is 25.6 Å². The van der Waals surface area contributed by atoms with E-state index in [1.54, 1.807) is 31.4 Å². The van der Waals surface area contributed by atoms with E-state index in [1.807, 2.05) is 24.3 Å². The average Bonchev–Trinajstić information content (AvgIpc) is 2.61. The predicted octanol–water partition coefficient (Wildman–Crippen LogP) is 3.61. The van der Waals surface area contributed by atoms with Crippen LogP contribution in [0.3, 0.4) is 0 Å². The van der Waals surface area contributed by atoms with Gasteiger partial charge < -0.3 is 15.4 Å². The highest BCUT2D eigenvalue weighted by molar-refractivity contribution is 6.06. The molecule has 0 saturated carbocycles. The molecule has 26 heavy (non-hydrogen) atoms. The number of carbonyl (C=O) groups is 2. The van der Waals surface area contributed by atoms with Crippen LogP contribution < -0.4 is 10.6 Å². The van der Waals surface area contributed by atoms with E-state index in [4.69, 9.17) is 4.74 Å². The second-order valence-corrected chi connectivity index (χ2v) is 7.11. The lowest BCUT2D eigenvalue weighted by atomic mass is 9.87. The Labute approximate surface area is 154 Å². The normalized spacial score (nSPS) is 11.1. The molecule has 0 aliphatic rings. The molecule has 0 heterocycles. The maximum absolute atomic E-state index is 12.5. The van der Waals surface area contributed by atoms with Gasteiger partial charge in [-0.15, -0.1) is 0 Å². The molecule has 2 aromatic carbocycles. The number of ether oxygens (including phenoxy) is 1. The molecule has 0 aliphatic heterocycles. The molecule has 5 heteroatoms. The molecule has 0 aromatic heterocycles. The minimum Gasteiger partial charge on any atom is -0.383 e. The molecule has 0 fully saturated rings. The van der Waals surface area contributed by atoms with Crippen molar-refractivity contribution in [2.24, 2.45) is 0 Å². The zero-order valence-corrected chi connectivity index (χ0v) is 15.8. The second-order valence-electron chi connectivity index (χ2n) is 7.11. The molecular weight excluding hydrogens is 328 g/mol. The van der Waals surface area contributed by atoms with Gasteiger partial charge in [0.05, 0.1) is 6.61 Å². The van der Waals surface area contributed by atoms with Gasteiger partial charge in [-0.3, -0.25) is 9.59 Å². The van der Waals surface area contributed by atoms with Crippen molar-refractivity contribution < 1.29 is 14.3 Å². The summed E-state index contributed by atoms with van der Waals surface area (Å²) in [4.78, 5) is 24.6. The minimum atomic E-state index is -0.250. The Morgan fingerprint density at radius 2 is 1.58 bits per heavy atom. The van der Waals surface area contributed by atoms with Gasteiger partial charge in [-0.1, -0.05) is 39.0 Å². The summed E-state index contributed by atoms with van der Waals surface area (Å²) >= 11 is 0. The number of nitrogens with one attached hydrogen (secondary N) is 2. The summed E-state index contributed by atoms with van der Waals surface area (Å²) in [6.45, 7) is 7.29. The van der Waals surface area contributed by atoms with Crippen molar-refractivity contribution >= 4 is 17.5 Å². The van der Waals surface area contributed by atoms with Gasteiger partial charge >= 0.3 is 0 Å². The Hall–Kier alpha value is -2.66. The molecule has 2 aromatic rings. The summed E-state index contributed by atoms with van der Waals surface area (Å²) in [5, 5.41) is 5.61. The molecule has 2 rings (SSSR count). The molecule has 0 saturated heterocycles. The van der Waals surface area contributed by atoms with Crippen molar-refractivity contribution in [3.8, 4) is 0 Å².